The van der Waals surface area contributed by atoms with Gasteiger partial charge in [0.25, 0.3) is 11.8 Å². The van der Waals surface area contributed by atoms with Gasteiger partial charge in [0.1, 0.15) is 5.75 Å². The first-order valence-corrected chi connectivity index (χ1v) is 6.75. The lowest BCUT2D eigenvalue weighted by Gasteiger charge is -2.18. The maximum atomic E-state index is 11.9. The van der Waals surface area contributed by atoms with Crippen molar-refractivity contribution in [2.24, 2.45) is 11.1 Å². The number of hydrogen-bond donors (Lipinski definition) is 3. The molecule has 22 heavy (non-hydrogen) atoms. The van der Waals surface area contributed by atoms with Crippen LogP contribution in [0, 0.1) is 5.41 Å². The van der Waals surface area contributed by atoms with E-state index in [1.807, 2.05) is 0 Å². The van der Waals surface area contributed by atoms with E-state index in [4.69, 9.17) is 15.6 Å². The van der Waals surface area contributed by atoms with E-state index in [1.54, 1.807) is 38.1 Å². The molecule has 7 heteroatoms. The lowest BCUT2D eigenvalue weighted by molar-refractivity contribution is -0.147. The van der Waals surface area contributed by atoms with Crippen LogP contribution in [0.15, 0.2) is 24.3 Å². The van der Waals surface area contributed by atoms with Crippen molar-refractivity contribution in [2.45, 2.75) is 20.3 Å². The Bertz CT molecular complexity index is 552. The van der Waals surface area contributed by atoms with E-state index >= 15 is 0 Å². The van der Waals surface area contributed by atoms with Crippen LogP contribution in [0.25, 0.3) is 0 Å². The van der Waals surface area contributed by atoms with E-state index < -0.39 is 17.3 Å². The van der Waals surface area contributed by atoms with E-state index in [-0.39, 0.29) is 19.1 Å². The fraction of sp³-hybridized carbons (Fsp3) is 0.400. The summed E-state index contributed by atoms with van der Waals surface area (Å²) in [6.45, 7) is 3.24. The second-order valence-corrected chi connectivity index (χ2v) is 5.47. The summed E-state index contributed by atoms with van der Waals surface area (Å²) in [5, 5.41) is 11.6. The van der Waals surface area contributed by atoms with Crippen molar-refractivity contribution in [1.29, 1.82) is 0 Å². The number of amides is 2. The van der Waals surface area contributed by atoms with Crippen LogP contribution in [-0.4, -0.2) is 36.0 Å². The molecule has 0 atom stereocenters. The Hall–Kier alpha value is -2.57. The summed E-state index contributed by atoms with van der Waals surface area (Å²) < 4.78 is 5.08. The third-order valence-electron chi connectivity index (χ3n) is 3.11. The number of aliphatic carboxylic acids is 1. The number of carboxylic acids is 1. The van der Waals surface area contributed by atoms with Gasteiger partial charge in [0.15, 0.2) is 6.61 Å². The Kier molecular flexibility index (Phi) is 5.91. The highest BCUT2D eigenvalue weighted by atomic mass is 16.5. The molecule has 4 N–H and O–H groups in total. The second kappa shape index (κ2) is 7.44. The monoisotopic (exact) mass is 308 g/mol. The molecular weight excluding hydrogens is 288 g/mol. The molecule has 0 fully saturated rings. The first-order valence-electron chi connectivity index (χ1n) is 6.75. The SMILES string of the molecule is CC(C)(CCNC(=O)c1ccc(OCC(N)=O)cc1)C(=O)O. The third-order valence-corrected chi connectivity index (χ3v) is 3.11. The number of carbonyl (C=O) groups is 3. The van der Waals surface area contributed by atoms with Gasteiger partial charge in [-0.3, -0.25) is 14.4 Å². The van der Waals surface area contributed by atoms with E-state index in [9.17, 15) is 14.4 Å². The molecule has 0 aromatic heterocycles. The predicted molar refractivity (Wildman–Crippen MR) is 79.5 cm³/mol. The van der Waals surface area contributed by atoms with Crippen LogP contribution < -0.4 is 15.8 Å². The highest BCUT2D eigenvalue weighted by Crippen LogP contribution is 2.19. The summed E-state index contributed by atoms with van der Waals surface area (Å²) >= 11 is 0. The average Bonchev–Trinajstić information content (AvgIpc) is 2.45. The molecule has 2 amide bonds. The van der Waals surface area contributed by atoms with Crippen molar-refractivity contribution in [2.75, 3.05) is 13.2 Å². The number of rotatable bonds is 8. The molecule has 0 saturated carbocycles. The minimum absolute atomic E-state index is 0.226. The van der Waals surface area contributed by atoms with Crippen molar-refractivity contribution in [3.05, 3.63) is 29.8 Å². The number of carboxylic acid groups (broad SMARTS) is 1. The molecule has 0 radical (unpaired) electrons. The predicted octanol–water partition coefficient (Wildman–Crippen LogP) is 0.781. The zero-order valence-corrected chi connectivity index (χ0v) is 12.6. The van der Waals surface area contributed by atoms with Crippen molar-refractivity contribution < 1.29 is 24.2 Å². The molecule has 7 nitrogen and oxygen atoms in total. The number of hydrogen-bond acceptors (Lipinski definition) is 4. The summed E-state index contributed by atoms with van der Waals surface area (Å²) in [4.78, 5) is 33.4. The van der Waals surface area contributed by atoms with Gasteiger partial charge in [-0.15, -0.1) is 0 Å². The van der Waals surface area contributed by atoms with Crippen LogP contribution in [0.2, 0.25) is 0 Å². The lowest BCUT2D eigenvalue weighted by Crippen LogP contribution is -2.31. The molecule has 0 unspecified atom stereocenters. The van der Waals surface area contributed by atoms with Crippen molar-refractivity contribution in [3.63, 3.8) is 0 Å². The van der Waals surface area contributed by atoms with Gasteiger partial charge in [-0.25, -0.2) is 0 Å². The fourth-order valence-electron chi connectivity index (χ4n) is 1.55. The Labute approximate surface area is 128 Å². The van der Waals surface area contributed by atoms with Crippen molar-refractivity contribution in [3.8, 4) is 5.75 Å². The average molecular weight is 308 g/mol. The van der Waals surface area contributed by atoms with Crippen molar-refractivity contribution in [1.82, 2.24) is 5.32 Å². The smallest absolute Gasteiger partial charge is 0.309 e. The van der Waals surface area contributed by atoms with Crippen LogP contribution in [0.5, 0.6) is 5.75 Å². The molecule has 120 valence electrons. The molecular formula is C15H20N2O5. The zero-order chi connectivity index (χ0) is 16.8. The summed E-state index contributed by atoms with van der Waals surface area (Å²) in [5.41, 5.74) is 4.49. The summed E-state index contributed by atoms with van der Waals surface area (Å²) in [6.07, 6.45) is 0.327. The zero-order valence-electron chi connectivity index (χ0n) is 12.6. The summed E-state index contributed by atoms with van der Waals surface area (Å²) in [6, 6.07) is 6.21. The van der Waals surface area contributed by atoms with Crippen LogP contribution in [0.3, 0.4) is 0 Å². The first-order chi connectivity index (χ1) is 10.2. The number of primary amides is 1. The highest BCUT2D eigenvalue weighted by molar-refractivity contribution is 5.94. The molecule has 0 aliphatic heterocycles. The van der Waals surface area contributed by atoms with Gasteiger partial charge in [0.2, 0.25) is 0 Å². The number of nitrogens with one attached hydrogen (secondary N) is 1. The van der Waals surface area contributed by atoms with Gasteiger partial charge in [-0.05, 0) is 44.5 Å². The van der Waals surface area contributed by atoms with E-state index in [2.05, 4.69) is 5.32 Å². The Morgan fingerprint density at radius 1 is 1.23 bits per heavy atom. The quantitative estimate of drug-likeness (QED) is 0.655. The number of carbonyl (C=O) groups excluding carboxylic acids is 2. The van der Waals surface area contributed by atoms with Gasteiger partial charge < -0.3 is 20.9 Å². The van der Waals surface area contributed by atoms with Gasteiger partial charge in [0.05, 0.1) is 5.41 Å². The first kappa shape index (κ1) is 17.5. The molecule has 0 aliphatic carbocycles. The Balaban J connectivity index is 2.49. The van der Waals surface area contributed by atoms with Gasteiger partial charge in [-0.2, -0.15) is 0 Å². The topological polar surface area (TPSA) is 119 Å². The summed E-state index contributed by atoms with van der Waals surface area (Å²) in [7, 11) is 0. The van der Waals surface area contributed by atoms with Crippen LogP contribution in [-0.2, 0) is 9.59 Å². The number of ether oxygens (including phenoxy) is 1. The normalized spacial score (nSPS) is 10.8. The molecule has 1 aromatic rings. The maximum absolute atomic E-state index is 11.9. The second-order valence-electron chi connectivity index (χ2n) is 5.47. The van der Waals surface area contributed by atoms with Crippen LogP contribution >= 0.6 is 0 Å². The molecule has 0 aliphatic rings. The molecule has 0 bridgehead atoms. The maximum Gasteiger partial charge on any atom is 0.309 e. The van der Waals surface area contributed by atoms with Crippen LogP contribution in [0.1, 0.15) is 30.6 Å². The minimum atomic E-state index is -0.905. The van der Waals surface area contributed by atoms with E-state index in [0.717, 1.165) is 0 Å². The van der Waals surface area contributed by atoms with Gasteiger partial charge in [0, 0.05) is 12.1 Å². The lowest BCUT2D eigenvalue weighted by atomic mass is 9.90. The third kappa shape index (κ3) is 5.43. The highest BCUT2D eigenvalue weighted by Gasteiger charge is 2.26. The largest absolute Gasteiger partial charge is 0.484 e. The van der Waals surface area contributed by atoms with E-state index in [0.29, 0.717) is 17.7 Å². The minimum Gasteiger partial charge on any atom is -0.484 e. The van der Waals surface area contributed by atoms with Gasteiger partial charge >= 0.3 is 5.97 Å². The van der Waals surface area contributed by atoms with Gasteiger partial charge in [-0.1, -0.05) is 0 Å². The Morgan fingerprint density at radius 2 is 1.82 bits per heavy atom. The summed E-state index contributed by atoms with van der Waals surface area (Å²) in [5.74, 6) is -1.36. The number of nitrogens with two attached hydrogens (primary N) is 1. The molecule has 0 saturated heterocycles. The molecule has 0 spiro atoms. The van der Waals surface area contributed by atoms with Crippen LogP contribution in [0.4, 0.5) is 0 Å². The molecule has 1 aromatic carbocycles. The number of benzene rings is 1. The van der Waals surface area contributed by atoms with E-state index in [1.165, 1.54) is 0 Å². The molecule has 1 rings (SSSR count). The molecule has 0 heterocycles. The standard InChI is InChI=1S/C15H20N2O5/c1-15(2,14(20)21)7-8-17-13(19)10-3-5-11(6-4-10)22-9-12(16)18/h3-6H,7-9H2,1-2H3,(H2,16,18)(H,17,19)(H,20,21). The Morgan fingerprint density at radius 3 is 2.32 bits per heavy atom. The fourth-order valence-corrected chi connectivity index (χ4v) is 1.55. The van der Waals surface area contributed by atoms with Crippen molar-refractivity contribution >= 4 is 17.8 Å².